The second kappa shape index (κ2) is 9.08. The van der Waals surface area contributed by atoms with Gasteiger partial charge in [0.25, 0.3) is 5.91 Å². The Morgan fingerprint density at radius 3 is 2.52 bits per heavy atom. The van der Waals surface area contributed by atoms with Crippen molar-refractivity contribution in [2.24, 2.45) is 0 Å². The number of nitrogens with one attached hydrogen (secondary N) is 2. The Morgan fingerprint density at radius 1 is 1.12 bits per heavy atom. The first-order valence-corrected chi connectivity index (χ1v) is 8.44. The highest BCUT2D eigenvalue weighted by atomic mass is 35.5. The van der Waals surface area contributed by atoms with Crippen molar-refractivity contribution in [1.82, 2.24) is 10.6 Å². The molecule has 0 aliphatic heterocycles. The van der Waals surface area contributed by atoms with Crippen LogP contribution in [0.1, 0.15) is 35.8 Å². The number of amides is 2. The molecule has 2 aromatic rings. The van der Waals surface area contributed by atoms with Crippen LogP contribution in [0.5, 0.6) is 5.75 Å². The number of halogens is 1. The first-order chi connectivity index (χ1) is 12.0. The summed E-state index contributed by atoms with van der Waals surface area (Å²) in [5, 5.41) is 6.01. The van der Waals surface area contributed by atoms with Gasteiger partial charge in [-0.2, -0.15) is 0 Å². The number of ether oxygens (including phenoxy) is 1. The summed E-state index contributed by atoms with van der Waals surface area (Å²) in [6, 6.07) is 14.0. The molecule has 1 unspecified atom stereocenters. The van der Waals surface area contributed by atoms with Gasteiger partial charge < -0.3 is 15.4 Å². The molecule has 0 fully saturated rings. The molecule has 0 bridgehead atoms. The van der Waals surface area contributed by atoms with Crippen molar-refractivity contribution in [1.29, 1.82) is 0 Å². The standard InChI is InChI=1S/C19H21ClN2O3/c1-3-25-17-11-7-5-9-15(17)19(24)21-12-18(23)22-13(2)14-8-4-6-10-16(14)20/h4-11,13H,3,12H2,1-2H3,(H,21,24)(H,22,23). The molecule has 2 N–H and O–H groups in total. The average molecular weight is 361 g/mol. The molecule has 0 aliphatic carbocycles. The normalized spacial score (nSPS) is 11.5. The van der Waals surface area contributed by atoms with Gasteiger partial charge >= 0.3 is 0 Å². The van der Waals surface area contributed by atoms with E-state index in [2.05, 4.69) is 10.6 Å². The molecular formula is C19H21ClN2O3. The van der Waals surface area contributed by atoms with Crippen molar-refractivity contribution in [2.45, 2.75) is 19.9 Å². The quantitative estimate of drug-likeness (QED) is 0.795. The molecule has 0 radical (unpaired) electrons. The Hall–Kier alpha value is -2.53. The number of benzene rings is 2. The number of para-hydroxylation sites is 1. The van der Waals surface area contributed by atoms with E-state index in [1.807, 2.05) is 32.0 Å². The smallest absolute Gasteiger partial charge is 0.255 e. The van der Waals surface area contributed by atoms with Gasteiger partial charge in [0.05, 0.1) is 24.8 Å². The first kappa shape index (κ1) is 18.8. The Balaban J connectivity index is 1.92. The third-order valence-electron chi connectivity index (χ3n) is 3.59. The Kier molecular flexibility index (Phi) is 6.83. The molecule has 0 aliphatic rings. The average Bonchev–Trinajstić information content (AvgIpc) is 2.60. The van der Waals surface area contributed by atoms with Crippen LogP contribution in [0.3, 0.4) is 0 Å². The Labute approximate surface area is 152 Å². The van der Waals surface area contributed by atoms with Gasteiger partial charge in [-0.3, -0.25) is 9.59 Å². The highest BCUT2D eigenvalue weighted by Crippen LogP contribution is 2.22. The largest absolute Gasteiger partial charge is 0.493 e. The fraction of sp³-hybridized carbons (Fsp3) is 0.263. The molecule has 0 aromatic heterocycles. The van der Waals surface area contributed by atoms with E-state index >= 15 is 0 Å². The van der Waals surface area contributed by atoms with Crippen molar-refractivity contribution >= 4 is 23.4 Å². The second-order valence-corrected chi connectivity index (χ2v) is 5.83. The summed E-state index contributed by atoms with van der Waals surface area (Å²) in [7, 11) is 0. The van der Waals surface area contributed by atoms with Crippen LogP contribution in [0.25, 0.3) is 0 Å². The van der Waals surface area contributed by atoms with Crippen molar-refractivity contribution in [2.75, 3.05) is 13.2 Å². The number of hydrogen-bond donors (Lipinski definition) is 2. The molecule has 2 rings (SSSR count). The zero-order chi connectivity index (χ0) is 18.2. The lowest BCUT2D eigenvalue weighted by molar-refractivity contribution is -0.120. The zero-order valence-electron chi connectivity index (χ0n) is 14.2. The minimum atomic E-state index is -0.357. The van der Waals surface area contributed by atoms with E-state index in [9.17, 15) is 9.59 Å². The molecule has 2 amide bonds. The van der Waals surface area contributed by atoms with Crippen LogP contribution in [0.2, 0.25) is 5.02 Å². The van der Waals surface area contributed by atoms with Crippen molar-refractivity contribution in [3.05, 3.63) is 64.7 Å². The molecule has 5 nitrogen and oxygen atoms in total. The van der Waals surface area contributed by atoms with E-state index < -0.39 is 0 Å². The number of carbonyl (C=O) groups excluding carboxylic acids is 2. The van der Waals surface area contributed by atoms with Crippen LogP contribution < -0.4 is 15.4 Å². The lowest BCUT2D eigenvalue weighted by Crippen LogP contribution is -2.38. The van der Waals surface area contributed by atoms with E-state index in [0.717, 1.165) is 5.56 Å². The molecular weight excluding hydrogens is 340 g/mol. The molecule has 0 saturated carbocycles. The third-order valence-corrected chi connectivity index (χ3v) is 3.93. The highest BCUT2D eigenvalue weighted by Gasteiger charge is 2.15. The third kappa shape index (κ3) is 5.22. The summed E-state index contributed by atoms with van der Waals surface area (Å²) in [6.45, 7) is 4.01. The number of hydrogen-bond acceptors (Lipinski definition) is 3. The van der Waals surface area contributed by atoms with E-state index in [4.69, 9.17) is 16.3 Å². The predicted molar refractivity (Wildman–Crippen MR) is 98.0 cm³/mol. The van der Waals surface area contributed by atoms with Gasteiger partial charge in [0, 0.05) is 5.02 Å². The molecule has 25 heavy (non-hydrogen) atoms. The predicted octanol–water partition coefficient (Wildman–Crippen LogP) is 3.35. The van der Waals surface area contributed by atoms with Gasteiger partial charge in [-0.05, 0) is 37.6 Å². The molecule has 132 valence electrons. The van der Waals surface area contributed by atoms with Crippen molar-refractivity contribution in [3.8, 4) is 5.75 Å². The molecule has 2 aromatic carbocycles. The monoisotopic (exact) mass is 360 g/mol. The maximum Gasteiger partial charge on any atom is 0.255 e. The van der Waals surface area contributed by atoms with Crippen molar-refractivity contribution in [3.63, 3.8) is 0 Å². The van der Waals surface area contributed by atoms with Crippen LogP contribution in [-0.2, 0) is 4.79 Å². The Morgan fingerprint density at radius 2 is 1.80 bits per heavy atom. The second-order valence-electron chi connectivity index (χ2n) is 5.42. The van der Waals surface area contributed by atoms with Crippen LogP contribution in [0, 0.1) is 0 Å². The van der Waals surface area contributed by atoms with E-state index in [1.54, 1.807) is 30.3 Å². The molecule has 0 saturated heterocycles. The van der Waals surface area contributed by atoms with Crippen LogP contribution in [0.4, 0.5) is 0 Å². The summed E-state index contributed by atoms with van der Waals surface area (Å²) in [5.41, 5.74) is 1.22. The van der Waals surface area contributed by atoms with E-state index in [-0.39, 0.29) is 24.4 Å². The molecule has 0 spiro atoms. The van der Waals surface area contributed by atoms with Crippen molar-refractivity contribution < 1.29 is 14.3 Å². The molecule has 0 heterocycles. The fourth-order valence-electron chi connectivity index (χ4n) is 2.39. The van der Waals surface area contributed by atoms with Crippen LogP contribution >= 0.6 is 11.6 Å². The van der Waals surface area contributed by atoms with Gasteiger partial charge in [0.2, 0.25) is 5.91 Å². The maximum atomic E-state index is 12.3. The van der Waals surface area contributed by atoms with Gasteiger partial charge in [-0.15, -0.1) is 0 Å². The molecule has 6 heteroatoms. The maximum absolute atomic E-state index is 12.3. The van der Waals surface area contributed by atoms with Gasteiger partial charge in [0.15, 0.2) is 0 Å². The topological polar surface area (TPSA) is 67.4 Å². The van der Waals surface area contributed by atoms with E-state index in [0.29, 0.717) is 22.9 Å². The van der Waals surface area contributed by atoms with E-state index in [1.165, 1.54) is 0 Å². The van der Waals surface area contributed by atoms with Crippen LogP contribution in [-0.4, -0.2) is 25.0 Å². The lowest BCUT2D eigenvalue weighted by Gasteiger charge is -2.16. The van der Waals surface area contributed by atoms with Crippen LogP contribution in [0.15, 0.2) is 48.5 Å². The fourth-order valence-corrected chi connectivity index (χ4v) is 2.69. The minimum absolute atomic E-state index is 0.131. The Bertz CT molecular complexity index is 749. The number of carbonyl (C=O) groups is 2. The van der Waals surface area contributed by atoms with Gasteiger partial charge in [-0.1, -0.05) is 41.9 Å². The van der Waals surface area contributed by atoms with Gasteiger partial charge in [0.1, 0.15) is 5.75 Å². The summed E-state index contributed by atoms with van der Waals surface area (Å²) in [5.74, 6) is -0.161. The number of rotatable bonds is 7. The summed E-state index contributed by atoms with van der Waals surface area (Å²) in [6.07, 6.45) is 0. The minimum Gasteiger partial charge on any atom is -0.493 e. The summed E-state index contributed by atoms with van der Waals surface area (Å²) in [4.78, 5) is 24.3. The summed E-state index contributed by atoms with van der Waals surface area (Å²) >= 11 is 6.12. The molecule has 1 atom stereocenters. The SMILES string of the molecule is CCOc1ccccc1C(=O)NCC(=O)NC(C)c1ccccc1Cl. The first-order valence-electron chi connectivity index (χ1n) is 8.06. The zero-order valence-corrected chi connectivity index (χ0v) is 15.0. The highest BCUT2D eigenvalue weighted by molar-refractivity contribution is 6.31. The lowest BCUT2D eigenvalue weighted by atomic mass is 10.1. The summed E-state index contributed by atoms with van der Waals surface area (Å²) < 4.78 is 5.42. The van der Waals surface area contributed by atoms with Gasteiger partial charge in [-0.25, -0.2) is 0 Å².